The van der Waals surface area contributed by atoms with Gasteiger partial charge in [0.2, 0.25) is 10.0 Å². The summed E-state index contributed by atoms with van der Waals surface area (Å²) in [7, 11) is -3.04. The molecule has 2 aliphatic heterocycles. The second-order valence-corrected chi connectivity index (χ2v) is 8.97. The second kappa shape index (κ2) is 6.71. The third-order valence-corrected chi connectivity index (χ3v) is 5.99. The third-order valence-electron chi connectivity index (χ3n) is 5.22. The van der Waals surface area contributed by atoms with Crippen molar-refractivity contribution in [3.63, 3.8) is 0 Å². The number of hydrogen-bond donors (Lipinski definition) is 2. The van der Waals surface area contributed by atoms with E-state index in [0.29, 0.717) is 5.41 Å². The Bertz CT molecular complexity index is 435. The molecule has 5 nitrogen and oxygen atoms in total. The molecule has 2 saturated heterocycles. The Kier molecular flexibility index (Phi) is 5.58. The first-order valence-corrected chi connectivity index (χ1v) is 9.74. The monoisotopic (exact) mass is 337 g/mol. The van der Waals surface area contributed by atoms with E-state index in [2.05, 4.69) is 14.9 Å². The molecule has 3 aliphatic rings. The summed E-state index contributed by atoms with van der Waals surface area (Å²) in [4.78, 5) is 2.60. The standard InChI is InChI=1S/C14H27N3O2S.ClH/c1-20(18,19)16-13-2-5-14(6-3-13)10-17(11-14)9-12-4-7-15-8-12;/h12-13,15-16H,2-11H2,1H3;1H/t12-;/m1./s1. The van der Waals surface area contributed by atoms with E-state index in [9.17, 15) is 8.42 Å². The van der Waals surface area contributed by atoms with Crippen LogP contribution in [0.15, 0.2) is 0 Å². The fraction of sp³-hybridized carbons (Fsp3) is 1.00. The van der Waals surface area contributed by atoms with Crippen molar-refractivity contribution >= 4 is 22.4 Å². The van der Waals surface area contributed by atoms with E-state index in [1.54, 1.807) is 0 Å². The number of hydrogen-bond acceptors (Lipinski definition) is 4. The van der Waals surface area contributed by atoms with Gasteiger partial charge in [-0.05, 0) is 56.5 Å². The van der Waals surface area contributed by atoms with Gasteiger partial charge in [0.15, 0.2) is 0 Å². The Morgan fingerprint density at radius 3 is 2.43 bits per heavy atom. The van der Waals surface area contributed by atoms with Crippen molar-refractivity contribution in [3.05, 3.63) is 0 Å². The summed E-state index contributed by atoms with van der Waals surface area (Å²) in [6.07, 6.45) is 6.96. The van der Waals surface area contributed by atoms with E-state index in [0.717, 1.165) is 18.8 Å². The maximum absolute atomic E-state index is 11.3. The topological polar surface area (TPSA) is 61.4 Å². The van der Waals surface area contributed by atoms with Crippen molar-refractivity contribution in [1.82, 2.24) is 14.9 Å². The van der Waals surface area contributed by atoms with Gasteiger partial charge >= 0.3 is 0 Å². The number of sulfonamides is 1. The molecule has 0 aromatic heterocycles. The van der Waals surface area contributed by atoms with Crippen LogP contribution in [0.2, 0.25) is 0 Å². The molecule has 3 fully saturated rings. The SMILES string of the molecule is CS(=O)(=O)NC1CCC2(CC1)CN(C[C@@H]1CCNC1)C2.Cl. The zero-order chi connectivity index (χ0) is 14.2. The molecule has 7 heteroatoms. The molecule has 0 aromatic carbocycles. The number of rotatable bonds is 4. The van der Waals surface area contributed by atoms with Gasteiger partial charge in [-0.3, -0.25) is 0 Å². The molecule has 0 radical (unpaired) electrons. The summed E-state index contributed by atoms with van der Waals surface area (Å²) in [5.41, 5.74) is 0.502. The summed E-state index contributed by atoms with van der Waals surface area (Å²) in [6.45, 7) is 6.08. The first-order valence-electron chi connectivity index (χ1n) is 7.85. The minimum atomic E-state index is -3.04. The van der Waals surface area contributed by atoms with Crippen LogP contribution in [-0.4, -0.2) is 58.3 Å². The predicted octanol–water partition coefficient (Wildman–Crippen LogP) is 0.812. The van der Waals surface area contributed by atoms with Gasteiger partial charge in [-0.15, -0.1) is 12.4 Å². The van der Waals surface area contributed by atoms with E-state index >= 15 is 0 Å². The van der Waals surface area contributed by atoms with E-state index < -0.39 is 10.0 Å². The average Bonchev–Trinajstić information content (AvgIpc) is 2.80. The Hall–Kier alpha value is 0.120. The fourth-order valence-electron chi connectivity index (χ4n) is 4.23. The zero-order valence-electron chi connectivity index (χ0n) is 12.8. The third kappa shape index (κ3) is 4.55. The lowest BCUT2D eigenvalue weighted by Gasteiger charge is -2.54. The first kappa shape index (κ1) is 17.5. The van der Waals surface area contributed by atoms with Crippen LogP contribution in [0, 0.1) is 11.3 Å². The molecule has 2 N–H and O–H groups in total. The van der Waals surface area contributed by atoms with Crippen LogP contribution in [0.4, 0.5) is 0 Å². The summed E-state index contributed by atoms with van der Waals surface area (Å²) >= 11 is 0. The molecule has 3 rings (SSSR count). The molecule has 1 atom stereocenters. The molecule has 0 amide bonds. The van der Waals surface area contributed by atoms with Crippen LogP contribution >= 0.6 is 12.4 Å². The highest BCUT2D eigenvalue weighted by Crippen LogP contribution is 2.44. The summed E-state index contributed by atoms with van der Waals surface area (Å²) < 4.78 is 25.3. The Labute approximate surface area is 134 Å². The first-order chi connectivity index (χ1) is 9.44. The van der Waals surface area contributed by atoms with E-state index in [1.165, 1.54) is 58.2 Å². The van der Waals surface area contributed by atoms with Gasteiger partial charge in [-0.25, -0.2) is 13.1 Å². The van der Waals surface area contributed by atoms with Gasteiger partial charge in [0.25, 0.3) is 0 Å². The van der Waals surface area contributed by atoms with Crippen molar-refractivity contribution in [2.45, 2.75) is 38.1 Å². The lowest BCUT2D eigenvalue weighted by molar-refractivity contribution is -0.0387. The van der Waals surface area contributed by atoms with Gasteiger partial charge in [-0.2, -0.15) is 0 Å². The van der Waals surface area contributed by atoms with E-state index in [4.69, 9.17) is 0 Å². The van der Waals surface area contributed by atoms with Gasteiger partial charge in [0, 0.05) is 25.7 Å². The quantitative estimate of drug-likeness (QED) is 0.797. The molecule has 1 aliphatic carbocycles. The molecule has 21 heavy (non-hydrogen) atoms. The minimum absolute atomic E-state index is 0. The number of halogens is 1. The van der Waals surface area contributed by atoms with Crippen LogP contribution in [0.3, 0.4) is 0 Å². The highest BCUT2D eigenvalue weighted by atomic mass is 35.5. The van der Waals surface area contributed by atoms with E-state index in [1.807, 2.05) is 0 Å². The van der Waals surface area contributed by atoms with Crippen LogP contribution < -0.4 is 10.0 Å². The minimum Gasteiger partial charge on any atom is -0.316 e. The van der Waals surface area contributed by atoms with Crippen LogP contribution in [0.5, 0.6) is 0 Å². The van der Waals surface area contributed by atoms with Crippen LogP contribution in [0.1, 0.15) is 32.1 Å². The van der Waals surface area contributed by atoms with Crippen molar-refractivity contribution in [2.24, 2.45) is 11.3 Å². The Morgan fingerprint density at radius 2 is 1.90 bits per heavy atom. The summed E-state index contributed by atoms with van der Waals surface area (Å²) in [5.74, 6) is 0.843. The molecular weight excluding hydrogens is 310 g/mol. The molecule has 1 saturated carbocycles. The molecule has 0 bridgehead atoms. The molecule has 0 unspecified atom stereocenters. The maximum atomic E-state index is 11.3. The van der Waals surface area contributed by atoms with Gasteiger partial charge < -0.3 is 10.2 Å². The number of likely N-dealkylation sites (tertiary alicyclic amines) is 1. The van der Waals surface area contributed by atoms with Crippen molar-refractivity contribution in [3.8, 4) is 0 Å². The predicted molar refractivity (Wildman–Crippen MR) is 87.3 cm³/mol. The van der Waals surface area contributed by atoms with Crippen LogP contribution in [-0.2, 0) is 10.0 Å². The highest BCUT2D eigenvalue weighted by molar-refractivity contribution is 7.88. The fourth-order valence-corrected chi connectivity index (χ4v) is 5.08. The lowest BCUT2D eigenvalue weighted by Crippen LogP contribution is -2.59. The Balaban J connectivity index is 0.00000161. The molecule has 124 valence electrons. The maximum Gasteiger partial charge on any atom is 0.208 e. The normalized spacial score (nSPS) is 30.0. The lowest BCUT2D eigenvalue weighted by atomic mass is 9.67. The van der Waals surface area contributed by atoms with Crippen molar-refractivity contribution in [2.75, 3.05) is 39.0 Å². The number of nitrogens with one attached hydrogen (secondary N) is 2. The average molecular weight is 338 g/mol. The van der Waals surface area contributed by atoms with Crippen molar-refractivity contribution in [1.29, 1.82) is 0 Å². The smallest absolute Gasteiger partial charge is 0.208 e. The second-order valence-electron chi connectivity index (χ2n) is 7.19. The molecule has 2 heterocycles. The van der Waals surface area contributed by atoms with Gasteiger partial charge in [0.05, 0.1) is 6.26 Å². The summed E-state index contributed by atoms with van der Waals surface area (Å²) in [5, 5.41) is 3.43. The molecular formula is C14H28ClN3O2S. The zero-order valence-corrected chi connectivity index (χ0v) is 14.4. The van der Waals surface area contributed by atoms with Gasteiger partial charge in [0.1, 0.15) is 0 Å². The number of nitrogens with zero attached hydrogens (tertiary/aromatic N) is 1. The van der Waals surface area contributed by atoms with E-state index in [-0.39, 0.29) is 18.4 Å². The largest absolute Gasteiger partial charge is 0.316 e. The van der Waals surface area contributed by atoms with Crippen LogP contribution in [0.25, 0.3) is 0 Å². The summed E-state index contributed by atoms with van der Waals surface area (Å²) in [6, 6.07) is 0.170. The highest BCUT2D eigenvalue weighted by Gasteiger charge is 2.45. The Morgan fingerprint density at radius 1 is 1.24 bits per heavy atom. The molecule has 1 spiro atoms. The van der Waals surface area contributed by atoms with Crippen molar-refractivity contribution < 1.29 is 8.42 Å². The molecule has 0 aromatic rings. The van der Waals surface area contributed by atoms with Gasteiger partial charge in [-0.1, -0.05) is 0 Å².